The third kappa shape index (κ3) is 3.68. The monoisotopic (exact) mass is 273 g/mol. The van der Waals surface area contributed by atoms with Gasteiger partial charge in [-0.1, -0.05) is 18.2 Å². The molecule has 0 unspecified atom stereocenters. The number of fused-ring (bicyclic) bond motifs is 1. The molecule has 2 aromatic rings. The van der Waals surface area contributed by atoms with E-state index in [1.165, 1.54) is 10.9 Å². The van der Waals surface area contributed by atoms with Crippen molar-refractivity contribution in [1.82, 2.24) is 9.88 Å². The first kappa shape index (κ1) is 14.8. The van der Waals surface area contributed by atoms with Crippen molar-refractivity contribution < 1.29 is 4.74 Å². The molecule has 0 atom stereocenters. The Morgan fingerprint density at radius 3 is 2.85 bits per heavy atom. The van der Waals surface area contributed by atoms with Crippen LogP contribution in [0.15, 0.2) is 30.3 Å². The van der Waals surface area contributed by atoms with Crippen LogP contribution >= 0.6 is 0 Å². The van der Waals surface area contributed by atoms with Gasteiger partial charge in [0.1, 0.15) is 5.82 Å². The van der Waals surface area contributed by atoms with E-state index in [1.54, 1.807) is 7.11 Å². The van der Waals surface area contributed by atoms with E-state index in [0.29, 0.717) is 0 Å². The number of methoxy groups -OCH3 is 1. The van der Waals surface area contributed by atoms with Gasteiger partial charge in [-0.25, -0.2) is 4.98 Å². The van der Waals surface area contributed by atoms with Gasteiger partial charge < -0.3 is 15.0 Å². The largest absolute Gasteiger partial charge is 0.385 e. The maximum absolute atomic E-state index is 5.09. The molecule has 0 radical (unpaired) electrons. The van der Waals surface area contributed by atoms with Gasteiger partial charge in [-0.05, 0) is 25.6 Å². The number of ether oxygens (including phenoxy) is 1. The van der Waals surface area contributed by atoms with Crippen molar-refractivity contribution in [2.75, 3.05) is 39.7 Å². The van der Waals surface area contributed by atoms with Crippen LogP contribution in [-0.2, 0) is 11.3 Å². The quantitative estimate of drug-likeness (QED) is 0.787. The second-order valence-corrected chi connectivity index (χ2v) is 5.02. The summed E-state index contributed by atoms with van der Waals surface area (Å²) in [4.78, 5) is 6.98. The van der Waals surface area contributed by atoms with Gasteiger partial charge in [0.15, 0.2) is 0 Å². The fourth-order valence-electron chi connectivity index (χ4n) is 2.35. The highest BCUT2D eigenvalue weighted by molar-refractivity contribution is 5.81. The summed E-state index contributed by atoms with van der Waals surface area (Å²) in [7, 11) is 5.79. The molecule has 0 amide bonds. The minimum Gasteiger partial charge on any atom is -0.385 e. The van der Waals surface area contributed by atoms with Gasteiger partial charge in [-0.2, -0.15) is 0 Å². The molecular formula is C16H23N3O. The summed E-state index contributed by atoms with van der Waals surface area (Å²) in [6, 6.07) is 10.4. The molecule has 0 fully saturated rings. The second kappa shape index (κ2) is 7.22. The average molecular weight is 273 g/mol. The van der Waals surface area contributed by atoms with E-state index in [-0.39, 0.29) is 0 Å². The first-order valence-electron chi connectivity index (χ1n) is 6.98. The lowest BCUT2D eigenvalue weighted by molar-refractivity contribution is 0.178. The number of hydrogen-bond acceptors (Lipinski definition) is 4. The predicted molar refractivity (Wildman–Crippen MR) is 84.1 cm³/mol. The summed E-state index contributed by atoms with van der Waals surface area (Å²) >= 11 is 0. The molecule has 0 bridgehead atoms. The van der Waals surface area contributed by atoms with E-state index in [2.05, 4.69) is 40.4 Å². The maximum Gasteiger partial charge on any atom is 0.130 e. The number of pyridine rings is 1. The van der Waals surface area contributed by atoms with Crippen LogP contribution in [0.1, 0.15) is 12.0 Å². The van der Waals surface area contributed by atoms with Crippen LogP contribution in [0.3, 0.4) is 0 Å². The smallest absolute Gasteiger partial charge is 0.130 e. The molecule has 4 heteroatoms. The van der Waals surface area contributed by atoms with Crippen LogP contribution in [0, 0.1) is 0 Å². The van der Waals surface area contributed by atoms with Gasteiger partial charge in [-0.3, -0.25) is 0 Å². The van der Waals surface area contributed by atoms with Crippen molar-refractivity contribution in [1.29, 1.82) is 0 Å². The van der Waals surface area contributed by atoms with Crippen LogP contribution in [0.5, 0.6) is 0 Å². The molecule has 0 spiro atoms. The molecule has 0 saturated heterocycles. The van der Waals surface area contributed by atoms with Crippen molar-refractivity contribution in [3.63, 3.8) is 0 Å². The van der Waals surface area contributed by atoms with Gasteiger partial charge in [-0.15, -0.1) is 0 Å². The molecule has 20 heavy (non-hydrogen) atoms. The average Bonchev–Trinajstić information content (AvgIpc) is 2.46. The van der Waals surface area contributed by atoms with Gasteiger partial charge in [0, 0.05) is 44.8 Å². The Balaban J connectivity index is 2.15. The summed E-state index contributed by atoms with van der Waals surface area (Å²) in [6.45, 7) is 2.71. The molecule has 1 N–H and O–H groups in total. The topological polar surface area (TPSA) is 37.4 Å². The lowest BCUT2D eigenvalue weighted by atomic mass is 10.1. The van der Waals surface area contributed by atoms with E-state index in [9.17, 15) is 0 Å². The van der Waals surface area contributed by atoms with E-state index >= 15 is 0 Å². The van der Waals surface area contributed by atoms with Gasteiger partial charge in [0.25, 0.3) is 0 Å². The molecule has 1 aromatic heterocycles. The van der Waals surface area contributed by atoms with Gasteiger partial charge >= 0.3 is 0 Å². The Hall–Kier alpha value is -1.65. The van der Waals surface area contributed by atoms with E-state index in [1.807, 2.05) is 19.2 Å². The summed E-state index contributed by atoms with van der Waals surface area (Å²) in [5.41, 5.74) is 2.26. The SMILES string of the molecule is CNc1nc2ccccc2cc1CN(C)CCCOC. The highest BCUT2D eigenvalue weighted by atomic mass is 16.5. The summed E-state index contributed by atoms with van der Waals surface area (Å²) in [6.07, 6.45) is 1.04. The van der Waals surface area contributed by atoms with E-state index in [4.69, 9.17) is 4.74 Å². The molecule has 1 aromatic carbocycles. The molecule has 0 aliphatic rings. The molecular weight excluding hydrogens is 250 g/mol. The Morgan fingerprint density at radius 2 is 2.10 bits per heavy atom. The zero-order chi connectivity index (χ0) is 14.4. The highest BCUT2D eigenvalue weighted by Gasteiger charge is 2.08. The third-order valence-electron chi connectivity index (χ3n) is 3.37. The molecule has 0 aliphatic heterocycles. The first-order chi connectivity index (χ1) is 9.74. The third-order valence-corrected chi connectivity index (χ3v) is 3.37. The Bertz CT molecular complexity index is 556. The number of aromatic nitrogens is 1. The van der Waals surface area contributed by atoms with Crippen LogP contribution in [0.4, 0.5) is 5.82 Å². The maximum atomic E-state index is 5.09. The number of benzene rings is 1. The number of hydrogen-bond donors (Lipinski definition) is 1. The fraction of sp³-hybridized carbons (Fsp3) is 0.438. The molecule has 4 nitrogen and oxygen atoms in total. The van der Waals surface area contributed by atoms with Crippen molar-refractivity contribution in [3.05, 3.63) is 35.9 Å². The number of anilines is 1. The van der Waals surface area contributed by atoms with Crippen molar-refractivity contribution in [3.8, 4) is 0 Å². The van der Waals surface area contributed by atoms with Crippen LogP contribution in [0.25, 0.3) is 10.9 Å². The van der Waals surface area contributed by atoms with Gasteiger partial charge in [0.05, 0.1) is 5.52 Å². The van der Waals surface area contributed by atoms with Gasteiger partial charge in [0.2, 0.25) is 0 Å². The van der Waals surface area contributed by atoms with Crippen LogP contribution in [0.2, 0.25) is 0 Å². The normalized spacial score (nSPS) is 11.2. The van der Waals surface area contributed by atoms with Crippen LogP contribution < -0.4 is 5.32 Å². The first-order valence-corrected chi connectivity index (χ1v) is 6.98. The van der Waals surface area contributed by atoms with Crippen molar-refractivity contribution in [2.24, 2.45) is 0 Å². The predicted octanol–water partition coefficient (Wildman–Crippen LogP) is 2.74. The summed E-state index contributed by atoms with van der Waals surface area (Å²) in [5, 5.41) is 4.38. The minimum atomic E-state index is 0.805. The molecule has 2 rings (SSSR count). The van der Waals surface area contributed by atoms with Crippen molar-refractivity contribution in [2.45, 2.75) is 13.0 Å². The molecule has 0 saturated carbocycles. The Kier molecular flexibility index (Phi) is 5.32. The lowest BCUT2D eigenvalue weighted by Crippen LogP contribution is -2.21. The summed E-state index contributed by atoms with van der Waals surface area (Å²) < 4.78 is 5.09. The minimum absolute atomic E-state index is 0.805. The standard InChI is InChI=1S/C16H23N3O/c1-17-16-14(12-19(2)9-6-10-20-3)11-13-7-4-5-8-15(13)18-16/h4-5,7-8,11H,6,9-10,12H2,1-3H3,(H,17,18). The summed E-state index contributed by atoms with van der Waals surface area (Å²) in [5.74, 6) is 0.960. The fourth-order valence-corrected chi connectivity index (χ4v) is 2.35. The second-order valence-electron chi connectivity index (χ2n) is 5.02. The van der Waals surface area contributed by atoms with Crippen LogP contribution in [-0.4, -0.2) is 44.2 Å². The lowest BCUT2D eigenvalue weighted by Gasteiger charge is -2.18. The molecule has 0 aliphatic carbocycles. The zero-order valence-corrected chi connectivity index (χ0v) is 12.5. The van der Waals surface area contributed by atoms with Crippen molar-refractivity contribution >= 4 is 16.7 Å². The van der Waals surface area contributed by atoms with E-state index in [0.717, 1.165) is 37.5 Å². The Labute approximate surface area is 120 Å². The number of nitrogens with one attached hydrogen (secondary N) is 1. The highest BCUT2D eigenvalue weighted by Crippen LogP contribution is 2.21. The molecule has 1 heterocycles. The molecule has 108 valence electrons. The number of rotatable bonds is 7. The zero-order valence-electron chi connectivity index (χ0n) is 12.5. The van der Waals surface area contributed by atoms with E-state index < -0.39 is 0 Å². The number of para-hydroxylation sites is 1. The Morgan fingerprint density at radius 1 is 1.30 bits per heavy atom. The number of nitrogens with zero attached hydrogens (tertiary/aromatic N) is 2.